The van der Waals surface area contributed by atoms with Gasteiger partial charge in [0.15, 0.2) is 11.6 Å². The van der Waals surface area contributed by atoms with Crippen LogP contribution in [-0.4, -0.2) is 13.0 Å². The SMILES string of the molecule is O=S(=O)([O-])c1c(F)c(F)c(Oc2ccccc2-c2ccccc2)c(F)c1F. The second-order valence-corrected chi connectivity index (χ2v) is 6.65. The van der Waals surface area contributed by atoms with E-state index < -0.39 is 44.0 Å². The monoisotopic (exact) mass is 397 g/mol. The summed E-state index contributed by atoms with van der Waals surface area (Å²) in [7, 11) is -5.79. The molecule has 27 heavy (non-hydrogen) atoms. The second kappa shape index (κ2) is 7.01. The van der Waals surface area contributed by atoms with Crippen molar-refractivity contribution in [2.24, 2.45) is 0 Å². The molecule has 0 aliphatic rings. The molecule has 0 amide bonds. The van der Waals surface area contributed by atoms with Crippen molar-refractivity contribution < 1.29 is 35.3 Å². The molecule has 140 valence electrons. The fourth-order valence-electron chi connectivity index (χ4n) is 2.42. The van der Waals surface area contributed by atoms with Gasteiger partial charge in [-0.1, -0.05) is 48.5 Å². The molecular formula is C18H9F4O4S-. The van der Waals surface area contributed by atoms with Crippen LogP contribution in [0, 0.1) is 23.3 Å². The van der Waals surface area contributed by atoms with E-state index in [1.165, 1.54) is 12.1 Å². The van der Waals surface area contributed by atoms with Crippen LogP contribution in [0.1, 0.15) is 0 Å². The zero-order valence-electron chi connectivity index (χ0n) is 13.2. The fourth-order valence-corrected chi connectivity index (χ4v) is 3.04. The molecule has 3 aromatic rings. The van der Waals surface area contributed by atoms with E-state index in [2.05, 4.69) is 0 Å². The van der Waals surface area contributed by atoms with Crippen LogP contribution in [0.2, 0.25) is 0 Å². The summed E-state index contributed by atoms with van der Waals surface area (Å²) in [5.74, 6) is -10.6. The zero-order chi connectivity index (χ0) is 19.8. The third-order valence-electron chi connectivity index (χ3n) is 3.62. The Labute approximate surface area is 151 Å². The Bertz CT molecular complexity index is 1090. The van der Waals surface area contributed by atoms with E-state index in [-0.39, 0.29) is 5.75 Å². The first-order valence-corrected chi connectivity index (χ1v) is 8.76. The zero-order valence-corrected chi connectivity index (χ0v) is 14.1. The van der Waals surface area contributed by atoms with Crippen LogP contribution >= 0.6 is 0 Å². The van der Waals surface area contributed by atoms with Crippen LogP contribution in [0.25, 0.3) is 11.1 Å². The van der Waals surface area contributed by atoms with Gasteiger partial charge in [0.2, 0.25) is 17.4 Å². The summed E-state index contributed by atoms with van der Waals surface area (Å²) in [6, 6.07) is 14.4. The summed E-state index contributed by atoms with van der Waals surface area (Å²) in [5, 5.41) is 0. The Morgan fingerprint density at radius 1 is 0.741 bits per heavy atom. The second-order valence-electron chi connectivity index (χ2n) is 5.33. The standard InChI is InChI=1S/C18H10F4O4S/c19-13-15(21)18(27(23,24)25)16(22)14(20)17(13)26-12-9-5-4-8-11(12)10-6-2-1-3-7-10/h1-9H,(H,23,24,25)/p-1. The normalized spacial score (nSPS) is 11.4. The van der Waals surface area contributed by atoms with Gasteiger partial charge in [0.05, 0.1) is 0 Å². The molecule has 0 heterocycles. The van der Waals surface area contributed by atoms with Gasteiger partial charge in [0.25, 0.3) is 0 Å². The molecule has 0 aliphatic carbocycles. The molecule has 3 aromatic carbocycles. The number of rotatable bonds is 4. The number of halogens is 4. The van der Waals surface area contributed by atoms with Crippen molar-refractivity contribution >= 4 is 10.1 Å². The summed E-state index contributed by atoms with van der Waals surface area (Å²) >= 11 is 0. The first kappa shape index (κ1) is 18.9. The predicted molar refractivity (Wildman–Crippen MR) is 86.2 cm³/mol. The van der Waals surface area contributed by atoms with Crippen LogP contribution in [0.4, 0.5) is 17.6 Å². The van der Waals surface area contributed by atoms with Crippen molar-refractivity contribution in [3.63, 3.8) is 0 Å². The molecule has 0 aromatic heterocycles. The Morgan fingerprint density at radius 3 is 1.81 bits per heavy atom. The van der Waals surface area contributed by atoms with Crippen molar-refractivity contribution in [3.05, 3.63) is 77.9 Å². The lowest BCUT2D eigenvalue weighted by Crippen LogP contribution is -2.11. The highest BCUT2D eigenvalue weighted by Gasteiger charge is 2.30. The molecule has 0 unspecified atom stereocenters. The molecule has 4 nitrogen and oxygen atoms in total. The minimum absolute atomic E-state index is 0.141. The third-order valence-corrected chi connectivity index (χ3v) is 4.48. The minimum atomic E-state index is -5.79. The van der Waals surface area contributed by atoms with Crippen molar-refractivity contribution in [1.82, 2.24) is 0 Å². The first-order valence-electron chi connectivity index (χ1n) is 7.36. The van der Waals surface area contributed by atoms with Crippen LogP contribution in [0.15, 0.2) is 59.5 Å². The molecule has 0 aliphatic heterocycles. The highest BCUT2D eigenvalue weighted by atomic mass is 32.2. The van der Waals surface area contributed by atoms with E-state index in [1.807, 2.05) is 0 Å². The van der Waals surface area contributed by atoms with Gasteiger partial charge in [-0.15, -0.1) is 0 Å². The van der Waals surface area contributed by atoms with E-state index in [0.717, 1.165) is 0 Å². The number of benzene rings is 3. The Morgan fingerprint density at radius 2 is 1.26 bits per heavy atom. The maximum atomic E-state index is 14.1. The molecule has 0 spiro atoms. The average molecular weight is 397 g/mol. The number of ether oxygens (including phenoxy) is 1. The van der Waals surface area contributed by atoms with Crippen molar-refractivity contribution in [2.75, 3.05) is 0 Å². The summed E-state index contributed by atoms with van der Waals surface area (Å²) in [6.07, 6.45) is 0. The number of hydrogen-bond acceptors (Lipinski definition) is 4. The molecular weight excluding hydrogens is 388 g/mol. The molecule has 0 fully saturated rings. The summed E-state index contributed by atoms with van der Waals surface area (Å²) in [5.41, 5.74) is 0.951. The van der Waals surface area contributed by atoms with E-state index in [1.54, 1.807) is 42.5 Å². The van der Waals surface area contributed by atoms with Gasteiger partial charge in [0, 0.05) is 5.56 Å². The van der Waals surface area contributed by atoms with Gasteiger partial charge >= 0.3 is 0 Å². The number of hydrogen-bond donors (Lipinski definition) is 0. The van der Waals surface area contributed by atoms with Crippen molar-refractivity contribution in [1.29, 1.82) is 0 Å². The minimum Gasteiger partial charge on any atom is -0.744 e. The van der Waals surface area contributed by atoms with E-state index in [4.69, 9.17) is 4.74 Å². The lowest BCUT2D eigenvalue weighted by atomic mass is 10.0. The molecule has 0 N–H and O–H groups in total. The topological polar surface area (TPSA) is 66.4 Å². The van der Waals surface area contributed by atoms with Crippen molar-refractivity contribution in [3.8, 4) is 22.6 Å². The highest BCUT2D eigenvalue weighted by molar-refractivity contribution is 7.85. The Hall–Kier alpha value is -2.91. The highest BCUT2D eigenvalue weighted by Crippen LogP contribution is 2.38. The summed E-state index contributed by atoms with van der Waals surface area (Å²) in [6.45, 7) is 0. The van der Waals surface area contributed by atoms with Crippen LogP contribution in [0.3, 0.4) is 0 Å². The van der Waals surface area contributed by atoms with Gasteiger partial charge in [-0.25, -0.2) is 17.2 Å². The van der Waals surface area contributed by atoms with E-state index in [9.17, 15) is 30.5 Å². The Balaban J connectivity index is 2.17. The molecule has 0 atom stereocenters. The van der Waals surface area contributed by atoms with Crippen LogP contribution in [-0.2, 0) is 10.1 Å². The molecule has 0 saturated heterocycles. The fraction of sp³-hybridized carbons (Fsp3) is 0. The molecule has 0 bridgehead atoms. The average Bonchev–Trinajstić information content (AvgIpc) is 2.64. The lowest BCUT2D eigenvalue weighted by Gasteiger charge is -2.16. The molecule has 0 radical (unpaired) electrons. The predicted octanol–water partition coefficient (Wildman–Crippen LogP) is 4.61. The van der Waals surface area contributed by atoms with Gasteiger partial charge in [-0.05, 0) is 11.6 Å². The Kier molecular flexibility index (Phi) is 4.90. The molecule has 9 heteroatoms. The van der Waals surface area contributed by atoms with E-state index in [0.29, 0.717) is 11.1 Å². The van der Waals surface area contributed by atoms with Crippen LogP contribution in [0.5, 0.6) is 11.5 Å². The van der Waals surface area contributed by atoms with Gasteiger partial charge in [0.1, 0.15) is 20.8 Å². The molecule has 3 rings (SSSR count). The maximum Gasteiger partial charge on any atom is 0.205 e. The summed E-state index contributed by atoms with van der Waals surface area (Å²) in [4.78, 5) is -2.24. The quantitative estimate of drug-likeness (QED) is 0.366. The van der Waals surface area contributed by atoms with Gasteiger partial charge < -0.3 is 9.29 Å². The van der Waals surface area contributed by atoms with Gasteiger partial charge in [-0.3, -0.25) is 0 Å². The van der Waals surface area contributed by atoms with Gasteiger partial charge in [-0.2, -0.15) is 8.78 Å². The van der Waals surface area contributed by atoms with E-state index >= 15 is 0 Å². The lowest BCUT2D eigenvalue weighted by molar-refractivity contribution is 0.346. The number of para-hydroxylation sites is 1. The summed E-state index contributed by atoms with van der Waals surface area (Å²) < 4.78 is 93.7. The smallest absolute Gasteiger partial charge is 0.205 e. The molecule has 0 saturated carbocycles. The maximum absolute atomic E-state index is 14.1. The third kappa shape index (κ3) is 3.51. The first-order chi connectivity index (χ1) is 12.7. The van der Waals surface area contributed by atoms with Crippen molar-refractivity contribution in [2.45, 2.75) is 4.90 Å². The van der Waals surface area contributed by atoms with Crippen LogP contribution < -0.4 is 4.74 Å². The largest absolute Gasteiger partial charge is 0.744 e.